The number of ether oxygens (including phenoxy) is 5. The molecule has 0 radical (unpaired) electrons. The monoisotopic (exact) mass is 523 g/mol. The minimum Gasteiger partial charge on any atom is -0.468 e. The third-order valence-electron chi connectivity index (χ3n) is 5.34. The molecule has 0 aromatic heterocycles. The Morgan fingerprint density at radius 1 is 0.919 bits per heavy atom. The first-order valence-electron chi connectivity index (χ1n) is 12.8. The van der Waals surface area contributed by atoms with Crippen LogP contribution in [0.1, 0.15) is 78.2 Å². The van der Waals surface area contributed by atoms with Crippen molar-refractivity contribution >= 4 is 24.1 Å². The van der Waals surface area contributed by atoms with Crippen LogP contribution in [0.5, 0.6) is 11.5 Å². The lowest BCUT2D eigenvalue weighted by atomic mass is 9.88. The molecule has 0 amide bonds. The molecule has 10 nitrogen and oxygen atoms in total. The van der Waals surface area contributed by atoms with Gasteiger partial charge in [0.05, 0.1) is 20.3 Å². The van der Waals surface area contributed by atoms with Gasteiger partial charge in [0.25, 0.3) is 0 Å². The molecule has 0 saturated heterocycles. The summed E-state index contributed by atoms with van der Waals surface area (Å²) >= 11 is 0. The van der Waals surface area contributed by atoms with Crippen LogP contribution in [0.15, 0.2) is 18.2 Å². The molecule has 0 saturated carbocycles. The van der Waals surface area contributed by atoms with Crippen LogP contribution in [0.25, 0.3) is 0 Å². The summed E-state index contributed by atoms with van der Waals surface area (Å²) in [6, 6.07) is 4.63. The van der Waals surface area contributed by atoms with E-state index in [2.05, 4.69) is 0 Å². The van der Waals surface area contributed by atoms with E-state index in [0.717, 1.165) is 12.8 Å². The van der Waals surface area contributed by atoms with E-state index >= 15 is 0 Å². The molecule has 0 unspecified atom stereocenters. The maximum Gasteiger partial charge on any atom is 0.508 e. The highest BCUT2D eigenvalue weighted by atomic mass is 16.7. The fourth-order valence-electron chi connectivity index (χ4n) is 3.24. The van der Waals surface area contributed by atoms with Gasteiger partial charge in [-0.2, -0.15) is 0 Å². The van der Waals surface area contributed by atoms with Gasteiger partial charge in [-0.3, -0.25) is 14.4 Å². The van der Waals surface area contributed by atoms with Crippen molar-refractivity contribution in [2.45, 2.75) is 84.6 Å². The molecule has 1 aromatic carbocycles. The molecule has 1 atom stereocenters. The van der Waals surface area contributed by atoms with Crippen LogP contribution >= 0.6 is 0 Å². The molecule has 0 aliphatic heterocycles. The molecule has 0 heterocycles. The molecule has 10 heteroatoms. The van der Waals surface area contributed by atoms with E-state index in [4.69, 9.17) is 29.4 Å². The Hall–Kier alpha value is -3.14. The molecule has 1 aromatic rings. The number of hydrogen-bond donors (Lipinski definition) is 1. The van der Waals surface area contributed by atoms with Gasteiger partial charge in [0.15, 0.2) is 11.5 Å². The van der Waals surface area contributed by atoms with Gasteiger partial charge in [0.1, 0.15) is 5.54 Å². The van der Waals surface area contributed by atoms with E-state index in [1.807, 2.05) is 27.7 Å². The Morgan fingerprint density at radius 2 is 1.51 bits per heavy atom. The summed E-state index contributed by atoms with van der Waals surface area (Å²) in [5, 5.41) is 0. The minimum atomic E-state index is -1.55. The molecule has 208 valence electrons. The van der Waals surface area contributed by atoms with Crippen LogP contribution in [-0.2, 0) is 35.0 Å². The number of esters is 3. The standard InChI is InChI=1S/C27H41NO9/c1-6-8-10-23(29)36-21-13-12-20(16-22(21)37-24(30)11-9-7-2)17-27(28,25(31)33-5)14-15-34-26(32)35-18-19(3)4/h12-13,16,19H,6-11,14-15,17-18,28H2,1-5H3/t27-/m1/s1. The zero-order valence-electron chi connectivity index (χ0n) is 22.6. The van der Waals surface area contributed by atoms with Crippen LogP contribution < -0.4 is 15.2 Å². The molecular weight excluding hydrogens is 482 g/mol. The van der Waals surface area contributed by atoms with Crippen molar-refractivity contribution in [1.82, 2.24) is 0 Å². The van der Waals surface area contributed by atoms with Gasteiger partial charge in [-0.05, 0) is 36.5 Å². The first-order chi connectivity index (χ1) is 17.5. The predicted molar refractivity (Wildman–Crippen MR) is 136 cm³/mol. The minimum absolute atomic E-state index is 0.0202. The lowest BCUT2D eigenvalue weighted by molar-refractivity contribution is -0.147. The van der Waals surface area contributed by atoms with Crippen LogP contribution in [0, 0.1) is 5.92 Å². The number of hydrogen-bond acceptors (Lipinski definition) is 10. The van der Waals surface area contributed by atoms with Crippen molar-refractivity contribution in [1.29, 1.82) is 0 Å². The third-order valence-corrected chi connectivity index (χ3v) is 5.34. The predicted octanol–water partition coefficient (Wildman–Crippen LogP) is 4.49. The molecular formula is C27H41NO9. The van der Waals surface area contributed by atoms with E-state index in [9.17, 15) is 19.2 Å². The second-order valence-electron chi connectivity index (χ2n) is 9.31. The molecule has 0 bridgehead atoms. The van der Waals surface area contributed by atoms with Gasteiger partial charge < -0.3 is 29.4 Å². The van der Waals surface area contributed by atoms with Gasteiger partial charge in [-0.1, -0.05) is 46.6 Å². The summed E-state index contributed by atoms with van der Waals surface area (Å²) in [5.41, 5.74) is 5.37. The average molecular weight is 524 g/mol. The lowest BCUT2D eigenvalue weighted by Crippen LogP contribution is -2.51. The molecule has 1 rings (SSSR count). The molecule has 0 aliphatic rings. The number of carbonyl (C=O) groups is 4. The van der Waals surface area contributed by atoms with E-state index < -0.39 is 29.6 Å². The molecule has 2 N–H and O–H groups in total. The van der Waals surface area contributed by atoms with Crippen LogP contribution in [0.4, 0.5) is 4.79 Å². The quantitative estimate of drug-likeness (QED) is 0.243. The Morgan fingerprint density at radius 3 is 2.05 bits per heavy atom. The summed E-state index contributed by atoms with van der Waals surface area (Å²) in [5.74, 6) is -1.30. The SMILES string of the molecule is CCCCC(=O)Oc1ccc(C[C@](N)(CCOC(=O)OCC(C)C)C(=O)OC)cc1OC(=O)CCCC. The van der Waals surface area contributed by atoms with Gasteiger partial charge in [-0.25, -0.2) is 4.79 Å². The Bertz CT molecular complexity index is 900. The maximum atomic E-state index is 12.5. The van der Waals surface area contributed by atoms with Gasteiger partial charge in [-0.15, -0.1) is 0 Å². The molecule has 0 fully saturated rings. The van der Waals surface area contributed by atoms with Crippen molar-refractivity contribution in [3.63, 3.8) is 0 Å². The molecule has 37 heavy (non-hydrogen) atoms. The second kappa shape index (κ2) is 16.6. The summed E-state index contributed by atoms with van der Waals surface area (Å²) in [7, 11) is 1.21. The fourth-order valence-corrected chi connectivity index (χ4v) is 3.24. The van der Waals surface area contributed by atoms with Gasteiger partial charge in [0.2, 0.25) is 0 Å². The number of unbranched alkanes of at least 4 members (excludes halogenated alkanes) is 2. The second-order valence-corrected chi connectivity index (χ2v) is 9.31. The van der Waals surface area contributed by atoms with Crippen molar-refractivity contribution in [3.05, 3.63) is 23.8 Å². The Balaban J connectivity index is 3.07. The summed E-state index contributed by atoms with van der Waals surface area (Å²) in [6.45, 7) is 7.73. The Labute approximate surface area is 219 Å². The first kappa shape index (κ1) is 31.9. The highest BCUT2D eigenvalue weighted by molar-refractivity contribution is 5.81. The maximum absolute atomic E-state index is 12.5. The number of methoxy groups -OCH3 is 1. The number of rotatable bonds is 16. The van der Waals surface area contributed by atoms with Crippen molar-refractivity contribution in [3.8, 4) is 11.5 Å². The first-order valence-corrected chi connectivity index (χ1v) is 12.8. The van der Waals surface area contributed by atoms with E-state index in [1.54, 1.807) is 6.07 Å². The van der Waals surface area contributed by atoms with Crippen LogP contribution in [0.2, 0.25) is 0 Å². The topological polar surface area (TPSA) is 140 Å². The fraction of sp³-hybridized carbons (Fsp3) is 0.630. The van der Waals surface area contributed by atoms with Crippen LogP contribution in [0.3, 0.4) is 0 Å². The summed E-state index contributed by atoms with van der Waals surface area (Å²) < 4.78 is 25.8. The lowest BCUT2D eigenvalue weighted by Gasteiger charge is -2.26. The average Bonchev–Trinajstić information content (AvgIpc) is 2.85. The van der Waals surface area contributed by atoms with E-state index in [0.29, 0.717) is 18.4 Å². The highest BCUT2D eigenvalue weighted by Gasteiger charge is 2.36. The van der Waals surface area contributed by atoms with E-state index in [1.165, 1.54) is 19.2 Å². The zero-order chi connectivity index (χ0) is 27.8. The van der Waals surface area contributed by atoms with Gasteiger partial charge >= 0.3 is 24.1 Å². The molecule has 0 aliphatic carbocycles. The largest absolute Gasteiger partial charge is 0.508 e. The number of nitrogens with two attached hydrogens (primary N) is 1. The third kappa shape index (κ3) is 12.1. The number of benzene rings is 1. The smallest absolute Gasteiger partial charge is 0.468 e. The normalized spacial score (nSPS) is 12.4. The zero-order valence-corrected chi connectivity index (χ0v) is 22.6. The van der Waals surface area contributed by atoms with Crippen LogP contribution in [-0.4, -0.2) is 49.9 Å². The Kier molecular flexibility index (Phi) is 14.3. The highest BCUT2D eigenvalue weighted by Crippen LogP contribution is 2.31. The summed E-state index contributed by atoms with van der Waals surface area (Å²) in [4.78, 5) is 48.8. The molecule has 0 spiro atoms. The van der Waals surface area contributed by atoms with Crippen molar-refractivity contribution in [2.75, 3.05) is 20.3 Å². The van der Waals surface area contributed by atoms with Gasteiger partial charge in [0, 0.05) is 25.7 Å². The van der Waals surface area contributed by atoms with Crippen molar-refractivity contribution in [2.24, 2.45) is 11.7 Å². The van der Waals surface area contributed by atoms with E-state index in [-0.39, 0.29) is 56.3 Å². The summed E-state index contributed by atoms with van der Waals surface area (Å²) in [6.07, 6.45) is 2.49. The van der Waals surface area contributed by atoms with Crippen molar-refractivity contribution < 1.29 is 42.9 Å². The number of carbonyl (C=O) groups excluding carboxylic acids is 4.